The van der Waals surface area contributed by atoms with E-state index in [0.29, 0.717) is 23.7 Å². The summed E-state index contributed by atoms with van der Waals surface area (Å²) in [7, 11) is 0. The molecular formula is C20H24N4OS2. The maximum absolute atomic E-state index is 12.6. The van der Waals surface area contributed by atoms with Crippen LogP contribution in [0.1, 0.15) is 38.3 Å². The summed E-state index contributed by atoms with van der Waals surface area (Å²) in [5.41, 5.74) is 1.14. The molecule has 27 heavy (non-hydrogen) atoms. The smallest absolute Gasteiger partial charge is 0.222 e. The lowest BCUT2D eigenvalue weighted by atomic mass is 9.97. The van der Waals surface area contributed by atoms with E-state index in [-0.39, 0.29) is 11.9 Å². The summed E-state index contributed by atoms with van der Waals surface area (Å²) in [6, 6.07) is 14.1. The Morgan fingerprint density at radius 2 is 2.04 bits per heavy atom. The molecule has 142 valence electrons. The fourth-order valence-corrected chi connectivity index (χ4v) is 3.98. The van der Waals surface area contributed by atoms with Crippen molar-refractivity contribution < 1.29 is 4.79 Å². The number of aromatic nitrogens is 3. The number of H-pyrrole nitrogens is 1. The third-order valence-electron chi connectivity index (χ3n) is 4.31. The fourth-order valence-electron chi connectivity index (χ4n) is 3.03. The van der Waals surface area contributed by atoms with Crippen molar-refractivity contribution >= 4 is 29.5 Å². The molecule has 1 atom stereocenters. The Bertz CT molecular complexity index is 913. The molecule has 2 heterocycles. The Morgan fingerprint density at radius 3 is 2.70 bits per heavy atom. The molecule has 3 aromatic rings. The van der Waals surface area contributed by atoms with Gasteiger partial charge in [0.1, 0.15) is 0 Å². The van der Waals surface area contributed by atoms with Crippen molar-refractivity contribution in [2.24, 2.45) is 5.92 Å². The molecule has 0 fully saturated rings. The normalized spacial score (nSPS) is 12.3. The van der Waals surface area contributed by atoms with E-state index in [1.165, 1.54) is 0 Å². The largest absolute Gasteiger partial charge is 0.349 e. The summed E-state index contributed by atoms with van der Waals surface area (Å²) in [6.07, 6.45) is 1.26. The highest BCUT2D eigenvalue weighted by Crippen LogP contribution is 2.24. The summed E-state index contributed by atoms with van der Waals surface area (Å²) >= 11 is 6.94. The minimum absolute atomic E-state index is 0.0183. The molecule has 3 rings (SSSR count). The first-order valence-electron chi connectivity index (χ1n) is 9.08. The van der Waals surface area contributed by atoms with Gasteiger partial charge in [-0.1, -0.05) is 50.2 Å². The zero-order valence-corrected chi connectivity index (χ0v) is 17.1. The number of hydrogen-bond acceptors (Lipinski definition) is 4. The molecule has 7 heteroatoms. The Kier molecular flexibility index (Phi) is 6.58. The first kappa shape index (κ1) is 19.5. The van der Waals surface area contributed by atoms with Crippen molar-refractivity contribution in [1.29, 1.82) is 0 Å². The van der Waals surface area contributed by atoms with E-state index >= 15 is 0 Å². The van der Waals surface area contributed by atoms with Crippen LogP contribution >= 0.6 is 23.6 Å². The van der Waals surface area contributed by atoms with Crippen molar-refractivity contribution in [2.45, 2.75) is 39.3 Å². The first-order valence-corrected chi connectivity index (χ1v) is 10.4. The van der Waals surface area contributed by atoms with Crippen molar-refractivity contribution in [1.82, 2.24) is 20.1 Å². The van der Waals surface area contributed by atoms with Crippen LogP contribution in [0.15, 0.2) is 47.8 Å². The van der Waals surface area contributed by atoms with Crippen LogP contribution < -0.4 is 5.32 Å². The molecule has 0 spiro atoms. The molecule has 1 amide bonds. The summed E-state index contributed by atoms with van der Waals surface area (Å²) in [4.78, 5) is 13.7. The summed E-state index contributed by atoms with van der Waals surface area (Å²) in [5, 5.41) is 12.3. The molecule has 0 radical (unpaired) electrons. The fraction of sp³-hybridized carbons (Fsp3) is 0.350. The zero-order chi connectivity index (χ0) is 19.2. The number of aromatic amines is 1. The average molecular weight is 401 g/mol. The second-order valence-corrected chi connectivity index (χ2v) is 8.23. The van der Waals surface area contributed by atoms with Crippen LogP contribution in [0.25, 0.3) is 10.7 Å². The number of hydrogen-bond donors (Lipinski definition) is 2. The topological polar surface area (TPSA) is 62.7 Å². The number of nitrogens with zero attached hydrogens (tertiary/aromatic N) is 2. The molecule has 2 N–H and O–H groups in total. The highest BCUT2D eigenvalue weighted by Gasteiger charge is 2.17. The van der Waals surface area contributed by atoms with E-state index in [9.17, 15) is 4.79 Å². The maximum Gasteiger partial charge on any atom is 0.222 e. The number of benzene rings is 1. The second kappa shape index (κ2) is 9.10. The molecule has 0 aliphatic heterocycles. The summed E-state index contributed by atoms with van der Waals surface area (Å²) < 4.78 is 2.42. The van der Waals surface area contributed by atoms with E-state index < -0.39 is 0 Å². The Balaban J connectivity index is 1.67. The molecule has 5 nitrogen and oxygen atoms in total. The summed E-state index contributed by atoms with van der Waals surface area (Å²) in [6.45, 7) is 4.83. The van der Waals surface area contributed by atoms with Gasteiger partial charge in [-0.15, -0.1) is 11.3 Å². The van der Waals surface area contributed by atoms with Crippen molar-refractivity contribution in [2.75, 3.05) is 0 Å². The van der Waals surface area contributed by atoms with Gasteiger partial charge >= 0.3 is 0 Å². The van der Waals surface area contributed by atoms with Gasteiger partial charge in [0.25, 0.3) is 0 Å². The number of carbonyl (C=O) groups excluding carboxylic acids is 1. The molecule has 0 saturated carbocycles. The van der Waals surface area contributed by atoms with Gasteiger partial charge in [-0.3, -0.25) is 14.5 Å². The Labute approximate surface area is 168 Å². The van der Waals surface area contributed by atoms with Gasteiger partial charge in [-0.25, -0.2) is 0 Å². The number of carbonyl (C=O) groups is 1. The van der Waals surface area contributed by atoms with Gasteiger partial charge in [-0.05, 0) is 41.6 Å². The van der Waals surface area contributed by atoms with Crippen molar-refractivity contribution in [3.63, 3.8) is 0 Å². The highest BCUT2D eigenvalue weighted by molar-refractivity contribution is 7.71. The lowest BCUT2D eigenvalue weighted by molar-refractivity contribution is -0.122. The van der Waals surface area contributed by atoms with Crippen LogP contribution in [0.5, 0.6) is 0 Å². The second-order valence-electron chi connectivity index (χ2n) is 6.89. The van der Waals surface area contributed by atoms with Crippen LogP contribution in [0.4, 0.5) is 0 Å². The van der Waals surface area contributed by atoms with Crippen molar-refractivity contribution in [3.05, 3.63) is 58.2 Å². The van der Waals surface area contributed by atoms with E-state index in [4.69, 9.17) is 12.2 Å². The van der Waals surface area contributed by atoms with Crippen LogP contribution in [0.2, 0.25) is 0 Å². The van der Waals surface area contributed by atoms with Gasteiger partial charge in [0.2, 0.25) is 5.91 Å². The standard InChI is InChI=1S/C20H24N4OS2/c1-14(2)13-16(15-7-4-3-5-8-15)21-18(25)10-11-24-19(22-23-20(24)26)17-9-6-12-27-17/h3-9,12,14,16H,10-11,13H2,1-2H3,(H,21,25)(H,23,26). The van der Waals surface area contributed by atoms with Crippen LogP contribution in [0, 0.1) is 10.7 Å². The van der Waals surface area contributed by atoms with Gasteiger partial charge in [0.05, 0.1) is 10.9 Å². The van der Waals surface area contributed by atoms with Crippen LogP contribution in [0.3, 0.4) is 0 Å². The monoisotopic (exact) mass is 400 g/mol. The number of thiophene rings is 1. The number of amides is 1. The van der Waals surface area contributed by atoms with Crippen LogP contribution in [-0.2, 0) is 11.3 Å². The molecule has 2 aromatic heterocycles. The molecule has 0 aliphatic rings. The lowest BCUT2D eigenvalue weighted by Crippen LogP contribution is -2.30. The number of nitrogens with one attached hydrogen (secondary N) is 2. The Hall–Kier alpha value is -2.25. The van der Waals surface area contributed by atoms with Gasteiger partial charge in [0, 0.05) is 13.0 Å². The molecule has 1 unspecified atom stereocenters. The maximum atomic E-state index is 12.6. The molecular weight excluding hydrogens is 376 g/mol. The SMILES string of the molecule is CC(C)CC(NC(=O)CCn1c(-c2cccs2)n[nH]c1=S)c1ccccc1. The Morgan fingerprint density at radius 1 is 1.26 bits per heavy atom. The minimum Gasteiger partial charge on any atom is -0.349 e. The quantitative estimate of drug-likeness (QED) is 0.525. The van der Waals surface area contributed by atoms with Gasteiger partial charge < -0.3 is 5.32 Å². The minimum atomic E-state index is 0.0183. The molecule has 0 saturated heterocycles. The summed E-state index contributed by atoms with van der Waals surface area (Å²) in [5.74, 6) is 1.29. The predicted octanol–water partition coefficient (Wildman–Crippen LogP) is 4.96. The molecule has 1 aromatic carbocycles. The van der Waals surface area contributed by atoms with E-state index in [1.807, 2.05) is 40.3 Å². The highest BCUT2D eigenvalue weighted by atomic mass is 32.1. The third-order valence-corrected chi connectivity index (χ3v) is 5.48. The first-order chi connectivity index (χ1) is 13.0. The van der Waals surface area contributed by atoms with Crippen LogP contribution in [-0.4, -0.2) is 20.7 Å². The van der Waals surface area contributed by atoms with Gasteiger partial charge in [0.15, 0.2) is 10.6 Å². The zero-order valence-electron chi connectivity index (χ0n) is 15.5. The van der Waals surface area contributed by atoms with E-state index in [0.717, 1.165) is 22.7 Å². The van der Waals surface area contributed by atoms with E-state index in [1.54, 1.807) is 11.3 Å². The van der Waals surface area contributed by atoms with E-state index in [2.05, 4.69) is 41.5 Å². The number of rotatable bonds is 8. The lowest BCUT2D eigenvalue weighted by Gasteiger charge is -2.21. The van der Waals surface area contributed by atoms with Crippen molar-refractivity contribution in [3.8, 4) is 10.7 Å². The van der Waals surface area contributed by atoms with Gasteiger partial charge in [-0.2, -0.15) is 5.10 Å². The average Bonchev–Trinajstić information content (AvgIpc) is 3.29. The predicted molar refractivity (Wildman–Crippen MR) is 112 cm³/mol. The molecule has 0 aliphatic carbocycles. The molecule has 0 bridgehead atoms. The third kappa shape index (κ3) is 5.14.